The average molecular weight is 963 g/mol. The van der Waals surface area contributed by atoms with Crippen molar-refractivity contribution in [3.05, 3.63) is 215 Å². The van der Waals surface area contributed by atoms with E-state index < -0.39 is 0 Å². The molecule has 0 fully saturated rings. The summed E-state index contributed by atoms with van der Waals surface area (Å²) in [5.41, 5.74) is 10.5. The molecule has 4 nitrogen and oxygen atoms in total. The molecule has 1 heterocycles. The number of fused-ring (bicyclic) bond motifs is 18. The average Bonchev–Trinajstić information content (AvgIpc) is 3.35. The van der Waals surface area contributed by atoms with Gasteiger partial charge in [0.25, 0.3) is 0 Å². The summed E-state index contributed by atoms with van der Waals surface area (Å²) in [6.45, 7) is 1.45. The van der Waals surface area contributed by atoms with E-state index >= 15 is 0 Å². The highest BCUT2D eigenvalue weighted by Gasteiger charge is 2.22. The molecule has 64 heavy (non-hydrogen) atoms. The van der Waals surface area contributed by atoms with Crippen LogP contribution in [-0.2, 0) is 37.1 Å². The maximum atomic E-state index is 6.97. The van der Waals surface area contributed by atoms with E-state index in [1.165, 1.54) is 0 Å². The second-order valence-corrected chi connectivity index (χ2v) is 17.5. The van der Waals surface area contributed by atoms with Gasteiger partial charge in [-0.25, -0.2) is 0 Å². The van der Waals surface area contributed by atoms with Crippen LogP contribution in [0, 0.1) is 0 Å². The van der Waals surface area contributed by atoms with Gasteiger partial charge in [-0.05, 0) is 113 Å². The van der Waals surface area contributed by atoms with Gasteiger partial charge in [0.05, 0.1) is 0 Å². The predicted octanol–water partition coefficient (Wildman–Crippen LogP) is 16.1. The van der Waals surface area contributed by atoms with Gasteiger partial charge in [0, 0.05) is 32.9 Å². The van der Waals surface area contributed by atoms with Crippen LogP contribution in [0.3, 0.4) is 0 Å². The SMILES string of the molecule is BrCc1cc2cc(c1)COc1ccc3ccccc3c1-c1c(ccc3ccccc13)OCc1cc(CBr)cc(c1)COc1ccc3ccccc3c1-c1c(ccc3ccccc13)OC2. The molecule has 0 unspecified atom stereocenters. The molecule has 1 aliphatic heterocycles. The van der Waals surface area contributed by atoms with Gasteiger partial charge in [-0.2, -0.15) is 0 Å². The van der Waals surface area contributed by atoms with Crippen molar-refractivity contribution in [3.8, 4) is 45.3 Å². The molecule has 1 aliphatic rings. The van der Waals surface area contributed by atoms with Gasteiger partial charge in [-0.15, -0.1) is 0 Å². The Morgan fingerprint density at radius 1 is 0.297 bits per heavy atom. The van der Waals surface area contributed by atoms with Crippen LogP contribution in [-0.4, -0.2) is 0 Å². The van der Waals surface area contributed by atoms with E-state index in [1.54, 1.807) is 0 Å². The van der Waals surface area contributed by atoms with Crippen molar-refractivity contribution >= 4 is 74.9 Å². The van der Waals surface area contributed by atoms with Gasteiger partial charge < -0.3 is 18.9 Å². The first-order chi connectivity index (χ1) is 31.6. The highest BCUT2D eigenvalue weighted by atomic mass is 79.9. The summed E-state index contributed by atoms with van der Waals surface area (Å²) >= 11 is 7.52. The lowest BCUT2D eigenvalue weighted by molar-refractivity contribution is 0.297. The highest BCUT2D eigenvalue weighted by Crippen LogP contribution is 2.48. The topological polar surface area (TPSA) is 36.9 Å². The van der Waals surface area contributed by atoms with Gasteiger partial charge in [-0.3, -0.25) is 0 Å². The zero-order valence-corrected chi connectivity index (χ0v) is 38.1. The van der Waals surface area contributed by atoms with Crippen LogP contribution < -0.4 is 18.9 Å². The lowest BCUT2D eigenvalue weighted by Crippen LogP contribution is -2.05. The second-order valence-electron chi connectivity index (χ2n) is 16.4. The first kappa shape index (κ1) is 40.2. The molecule has 11 rings (SSSR count). The molecule has 0 aromatic heterocycles. The lowest BCUT2D eigenvalue weighted by Gasteiger charge is -2.21. The van der Waals surface area contributed by atoms with E-state index in [2.05, 4.69) is 214 Å². The third-order valence-corrected chi connectivity index (χ3v) is 13.5. The normalized spacial score (nSPS) is 12.9. The number of halogens is 2. The largest absolute Gasteiger partial charge is 0.488 e. The third-order valence-electron chi connectivity index (χ3n) is 12.2. The van der Waals surface area contributed by atoms with E-state index in [0.29, 0.717) is 37.1 Å². The Morgan fingerprint density at radius 3 is 0.797 bits per heavy atom. The van der Waals surface area contributed by atoms with Gasteiger partial charge in [0.15, 0.2) is 0 Å². The van der Waals surface area contributed by atoms with Crippen molar-refractivity contribution in [2.45, 2.75) is 37.1 Å². The molecule has 10 aromatic carbocycles. The number of ether oxygens (including phenoxy) is 4. The second kappa shape index (κ2) is 17.5. The van der Waals surface area contributed by atoms with Crippen LogP contribution in [0.2, 0.25) is 0 Å². The molecular weight excluding hydrogens is 920 g/mol. The number of rotatable bonds is 2. The van der Waals surface area contributed by atoms with Crippen LogP contribution in [0.25, 0.3) is 65.3 Å². The van der Waals surface area contributed by atoms with Crippen molar-refractivity contribution < 1.29 is 18.9 Å². The molecule has 0 atom stereocenters. The Bertz CT molecular complexity index is 2950. The van der Waals surface area contributed by atoms with Crippen molar-refractivity contribution in [2.24, 2.45) is 0 Å². The van der Waals surface area contributed by atoms with E-state index in [1.807, 2.05) is 0 Å². The summed E-state index contributed by atoms with van der Waals surface area (Å²) < 4.78 is 27.9. The Labute approximate surface area is 389 Å². The quantitative estimate of drug-likeness (QED) is 0.162. The molecule has 0 aliphatic carbocycles. The zero-order valence-electron chi connectivity index (χ0n) is 35.0. The van der Waals surface area contributed by atoms with Crippen LogP contribution >= 0.6 is 31.9 Å². The molecule has 0 spiro atoms. The first-order valence-corrected chi connectivity index (χ1v) is 23.8. The Morgan fingerprint density at radius 2 is 0.547 bits per heavy atom. The van der Waals surface area contributed by atoms with Crippen molar-refractivity contribution in [2.75, 3.05) is 0 Å². The molecule has 0 amide bonds. The minimum absolute atomic E-state index is 0.361. The van der Waals surface area contributed by atoms with E-state index in [-0.39, 0.29) is 0 Å². The number of alkyl halides is 2. The fraction of sp³-hybridized carbons (Fsp3) is 0.103. The molecule has 10 aromatic rings. The molecule has 0 saturated heterocycles. The van der Waals surface area contributed by atoms with Gasteiger partial charge >= 0.3 is 0 Å². The van der Waals surface area contributed by atoms with Gasteiger partial charge in [-0.1, -0.05) is 177 Å². The van der Waals surface area contributed by atoms with Crippen LogP contribution in [0.15, 0.2) is 182 Å². The van der Waals surface area contributed by atoms with Crippen molar-refractivity contribution in [1.82, 2.24) is 0 Å². The lowest BCUT2D eigenvalue weighted by atomic mass is 9.92. The molecule has 0 saturated carbocycles. The third kappa shape index (κ3) is 7.75. The minimum atomic E-state index is 0.361. The summed E-state index contributed by atoms with van der Waals surface area (Å²) in [7, 11) is 0. The molecule has 4 bridgehead atoms. The summed E-state index contributed by atoms with van der Waals surface area (Å²) in [6.07, 6.45) is 0. The van der Waals surface area contributed by atoms with Crippen LogP contribution in [0.5, 0.6) is 23.0 Å². The Balaban J connectivity index is 1.11. The molecule has 312 valence electrons. The fourth-order valence-corrected chi connectivity index (χ4v) is 9.98. The maximum absolute atomic E-state index is 6.97. The molecule has 0 N–H and O–H groups in total. The van der Waals surface area contributed by atoms with Crippen molar-refractivity contribution in [3.63, 3.8) is 0 Å². The number of benzene rings is 10. The van der Waals surface area contributed by atoms with E-state index in [4.69, 9.17) is 18.9 Å². The monoisotopic (exact) mass is 960 g/mol. The molecular formula is C58H42Br2O4. The zero-order chi connectivity index (χ0) is 43.0. The van der Waals surface area contributed by atoms with Crippen molar-refractivity contribution in [1.29, 1.82) is 0 Å². The van der Waals surface area contributed by atoms with Crippen LogP contribution in [0.4, 0.5) is 0 Å². The maximum Gasteiger partial charge on any atom is 0.128 e. The van der Waals surface area contributed by atoms with Gasteiger partial charge in [0.2, 0.25) is 0 Å². The van der Waals surface area contributed by atoms with E-state index in [0.717, 1.165) is 122 Å². The summed E-state index contributed by atoms with van der Waals surface area (Å²) in [5.74, 6) is 3.15. The number of hydrogen-bond acceptors (Lipinski definition) is 4. The summed E-state index contributed by atoms with van der Waals surface area (Å²) in [6, 6.07) is 64.3. The standard InChI is InChI=1S/C58H42Br2O4/c59-31-37-25-39-29-41(27-37)35-63-53-23-19-45-11-3-7-15-49(45)57(53)58-50-16-8-4-12-46(50)20-24-54(58)64-36-42-28-38(32-60)26-40(30-42)34-62-52-22-18-44-10-2-6-14-48(44)56(52)55-47-13-5-1-9-43(47)17-21-51(55)61-33-39/h1-30H,31-36H2. The smallest absolute Gasteiger partial charge is 0.128 e. The summed E-state index contributed by atoms with van der Waals surface area (Å²) in [4.78, 5) is 0. The predicted molar refractivity (Wildman–Crippen MR) is 269 cm³/mol. The highest BCUT2D eigenvalue weighted by molar-refractivity contribution is 9.08. The Hall–Kier alpha value is -6.60. The Kier molecular flexibility index (Phi) is 11.0. The van der Waals surface area contributed by atoms with E-state index in [9.17, 15) is 0 Å². The first-order valence-electron chi connectivity index (χ1n) is 21.5. The molecule has 6 heteroatoms. The number of hydrogen-bond donors (Lipinski definition) is 0. The fourth-order valence-electron chi connectivity index (χ4n) is 9.33. The molecule has 0 radical (unpaired) electrons. The van der Waals surface area contributed by atoms with Gasteiger partial charge in [0.1, 0.15) is 49.4 Å². The van der Waals surface area contributed by atoms with Crippen LogP contribution in [0.1, 0.15) is 33.4 Å². The minimum Gasteiger partial charge on any atom is -0.488 e. The summed E-state index contributed by atoms with van der Waals surface area (Å²) in [5, 5.41) is 10.3.